The van der Waals surface area contributed by atoms with Gasteiger partial charge in [-0.3, -0.25) is 9.69 Å². The van der Waals surface area contributed by atoms with Crippen LogP contribution in [-0.2, 0) is 16.1 Å². The number of imidazole rings is 1. The van der Waals surface area contributed by atoms with Crippen molar-refractivity contribution in [1.82, 2.24) is 14.3 Å². The number of halogens is 1. The summed E-state index contributed by atoms with van der Waals surface area (Å²) in [6.07, 6.45) is 4.28. The molecule has 0 spiro atoms. The van der Waals surface area contributed by atoms with E-state index in [0.717, 1.165) is 35.9 Å². The van der Waals surface area contributed by atoms with Crippen molar-refractivity contribution in [3.8, 4) is 0 Å². The molecule has 2 aromatic heterocycles. The first-order valence-electron chi connectivity index (χ1n) is 7.17. The maximum atomic E-state index is 11.6. The van der Waals surface area contributed by atoms with E-state index in [0.29, 0.717) is 11.4 Å². The molecule has 1 aliphatic rings. The predicted octanol–water partition coefficient (Wildman–Crippen LogP) is 2.47. The van der Waals surface area contributed by atoms with Gasteiger partial charge in [0, 0.05) is 43.0 Å². The lowest BCUT2D eigenvalue weighted by atomic mass is 10.2. The molecule has 0 aromatic carbocycles. The summed E-state index contributed by atoms with van der Waals surface area (Å²) in [5.74, 6) is 1.88. The van der Waals surface area contributed by atoms with E-state index >= 15 is 0 Å². The van der Waals surface area contributed by atoms with E-state index < -0.39 is 0 Å². The second-order valence-electron chi connectivity index (χ2n) is 5.32. The number of carbonyl (C=O) groups excluding carboxylic acids is 1. The van der Waals surface area contributed by atoms with Crippen molar-refractivity contribution in [1.29, 1.82) is 0 Å². The van der Waals surface area contributed by atoms with Crippen LogP contribution in [0.25, 0.3) is 5.65 Å². The Morgan fingerprint density at radius 2 is 2.36 bits per heavy atom. The minimum atomic E-state index is -0.153. The molecule has 118 valence electrons. The van der Waals surface area contributed by atoms with Gasteiger partial charge in [-0.25, -0.2) is 4.98 Å². The number of fused-ring (bicyclic) bond motifs is 1. The normalized spacial score (nSPS) is 19.5. The van der Waals surface area contributed by atoms with Crippen LogP contribution in [0, 0.1) is 0 Å². The average Bonchev–Trinajstić information content (AvgIpc) is 2.90. The van der Waals surface area contributed by atoms with E-state index in [1.807, 2.05) is 40.7 Å². The third kappa shape index (κ3) is 3.56. The molecule has 0 unspecified atom stereocenters. The van der Waals surface area contributed by atoms with Crippen LogP contribution in [0.1, 0.15) is 12.1 Å². The molecule has 0 aliphatic carbocycles. The first-order chi connectivity index (χ1) is 10.7. The number of hydrogen-bond acceptors (Lipinski definition) is 5. The molecule has 22 heavy (non-hydrogen) atoms. The van der Waals surface area contributed by atoms with E-state index in [9.17, 15) is 4.79 Å². The van der Waals surface area contributed by atoms with E-state index in [1.165, 1.54) is 7.11 Å². The number of nitrogens with zero attached hydrogens (tertiary/aromatic N) is 3. The molecule has 3 rings (SSSR count). The molecule has 0 amide bonds. The molecule has 0 bridgehead atoms. The monoisotopic (exact) mass is 339 g/mol. The zero-order valence-electron chi connectivity index (χ0n) is 12.4. The van der Waals surface area contributed by atoms with Crippen LogP contribution < -0.4 is 0 Å². The number of ether oxygens (including phenoxy) is 1. The Morgan fingerprint density at radius 1 is 1.50 bits per heavy atom. The van der Waals surface area contributed by atoms with Gasteiger partial charge >= 0.3 is 5.97 Å². The number of hydrogen-bond donors (Lipinski definition) is 0. The van der Waals surface area contributed by atoms with Crippen LogP contribution in [0.15, 0.2) is 24.5 Å². The third-order valence-corrected chi connectivity index (χ3v) is 5.12. The number of methoxy groups -OCH3 is 1. The Hall–Kier alpha value is -1.24. The van der Waals surface area contributed by atoms with Gasteiger partial charge in [0.25, 0.3) is 0 Å². The van der Waals surface area contributed by atoms with E-state index in [1.54, 1.807) is 0 Å². The molecule has 0 radical (unpaired) electrons. The van der Waals surface area contributed by atoms with Crippen LogP contribution in [0.5, 0.6) is 0 Å². The van der Waals surface area contributed by atoms with E-state index in [2.05, 4.69) is 9.88 Å². The topological polar surface area (TPSA) is 46.8 Å². The Balaban J connectivity index is 1.74. The molecule has 1 fully saturated rings. The van der Waals surface area contributed by atoms with Crippen LogP contribution in [-0.4, -0.2) is 51.5 Å². The summed E-state index contributed by atoms with van der Waals surface area (Å²) in [5, 5.41) is 0.689. The number of pyridine rings is 1. The van der Waals surface area contributed by atoms with Gasteiger partial charge < -0.3 is 9.14 Å². The van der Waals surface area contributed by atoms with Crippen LogP contribution in [0.2, 0.25) is 5.02 Å². The Labute approximate surface area is 138 Å². The smallest absolute Gasteiger partial charge is 0.307 e. The van der Waals surface area contributed by atoms with Crippen molar-refractivity contribution in [2.45, 2.75) is 19.0 Å². The Bertz CT molecular complexity index is 676. The van der Waals surface area contributed by atoms with Gasteiger partial charge in [0.2, 0.25) is 0 Å². The van der Waals surface area contributed by atoms with Gasteiger partial charge in [0.15, 0.2) is 0 Å². The standard InChI is InChI=1S/C15H18ClN3O2S/c1-21-15(20)6-13-10-22-5-4-18(13)8-12-9-19-7-11(16)2-3-14(19)17-12/h2-3,7,9,13H,4-6,8,10H2,1H3/t13-/m1/s1. The van der Waals surface area contributed by atoms with Gasteiger partial charge in [-0.15, -0.1) is 0 Å². The fourth-order valence-corrected chi connectivity index (χ4v) is 3.96. The van der Waals surface area contributed by atoms with Crippen LogP contribution in [0.4, 0.5) is 0 Å². The number of thioether (sulfide) groups is 1. The minimum Gasteiger partial charge on any atom is -0.469 e. The second-order valence-corrected chi connectivity index (χ2v) is 6.91. The highest BCUT2D eigenvalue weighted by Gasteiger charge is 2.26. The highest BCUT2D eigenvalue weighted by atomic mass is 35.5. The summed E-state index contributed by atoms with van der Waals surface area (Å²) in [6, 6.07) is 3.95. The summed E-state index contributed by atoms with van der Waals surface area (Å²) in [6.45, 7) is 1.70. The van der Waals surface area contributed by atoms with Gasteiger partial charge in [-0.2, -0.15) is 11.8 Å². The molecule has 1 saturated heterocycles. The van der Waals surface area contributed by atoms with Crippen LogP contribution >= 0.6 is 23.4 Å². The van der Waals surface area contributed by atoms with Crippen molar-refractivity contribution >= 4 is 35.0 Å². The van der Waals surface area contributed by atoms with Gasteiger partial charge in [-0.1, -0.05) is 11.6 Å². The summed E-state index contributed by atoms with van der Waals surface area (Å²) in [5.41, 5.74) is 1.87. The Morgan fingerprint density at radius 3 is 3.18 bits per heavy atom. The molecular weight excluding hydrogens is 322 g/mol. The summed E-state index contributed by atoms with van der Waals surface area (Å²) >= 11 is 7.89. The average molecular weight is 340 g/mol. The fraction of sp³-hybridized carbons (Fsp3) is 0.467. The molecule has 1 atom stereocenters. The predicted molar refractivity (Wildman–Crippen MR) is 88.4 cm³/mol. The first kappa shape index (κ1) is 15.6. The molecule has 5 nitrogen and oxygen atoms in total. The van der Waals surface area contributed by atoms with Crippen molar-refractivity contribution < 1.29 is 9.53 Å². The molecule has 0 saturated carbocycles. The molecule has 0 N–H and O–H groups in total. The largest absolute Gasteiger partial charge is 0.469 e. The zero-order chi connectivity index (χ0) is 15.5. The number of esters is 1. The Kier molecular flexibility index (Phi) is 4.90. The number of aromatic nitrogens is 2. The van der Waals surface area contributed by atoms with Gasteiger partial charge in [0.05, 0.1) is 24.2 Å². The maximum absolute atomic E-state index is 11.6. The summed E-state index contributed by atoms with van der Waals surface area (Å²) < 4.78 is 6.74. The van der Waals surface area contributed by atoms with Gasteiger partial charge in [0.1, 0.15) is 5.65 Å². The minimum absolute atomic E-state index is 0.153. The van der Waals surface area contributed by atoms with Crippen molar-refractivity contribution in [2.75, 3.05) is 25.2 Å². The van der Waals surface area contributed by atoms with Crippen molar-refractivity contribution in [3.63, 3.8) is 0 Å². The number of rotatable bonds is 4. The fourth-order valence-electron chi connectivity index (χ4n) is 2.66. The molecule has 7 heteroatoms. The lowest BCUT2D eigenvalue weighted by Crippen LogP contribution is -2.43. The van der Waals surface area contributed by atoms with Gasteiger partial charge in [-0.05, 0) is 12.1 Å². The SMILES string of the molecule is COC(=O)C[C@@H]1CSCCN1Cc1cn2cc(Cl)ccc2n1. The maximum Gasteiger partial charge on any atom is 0.307 e. The first-order valence-corrected chi connectivity index (χ1v) is 8.71. The van der Waals surface area contributed by atoms with E-state index in [-0.39, 0.29) is 12.0 Å². The molecule has 1 aliphatic heterocycles. The van der Waals surface area contributed by atoms with Crippen molar-refractivity contribution in [3.05, 3.63) is 35.2 Å². The lowest BCUT2D eigenvalue weighted by Gasteiger charge is -2.34. The van der Waals surface area contributed by atoms with Crippen LogP contribution in [0.3, 0.4) is 0 Å². The number of carbonyl (C=O) groups is 1. The van der Waals surface area contributed by atoms with E-state index in [4.69, 9.17) is 16.3 Å². The highest BCUT2D eigenvalue weighted by molar-refractivity contribution is 7.99. The summed E-state index contributed by atoms with van der Waals surface area (Å²) in [4.78, 5) is 18.5. The second kappa shape index (κ2) is 6.89. The highest BCUT2D eigenvalue weighted by Crippen LogP contribution is 2.22. The third-order valence-electron chi connectivity index (χ3n) is 3.81. The quantitative estimate of drug-likeness (QED) is 0.801. The van der Waals surface area contributed by atoms with Crippen molar-refractivity contribution in [2.24, 2.45) is 0 Å². The lowest BCUT2D eigenvalue weighted by molar-refractivity contribution is -0.141. The zero-order valence-corrected chi connectivity index (χ0v) is 13.9. The molecular formula is C15H18ClN3O2S. The molecule has 3 heterocycles. The summed E-state index contributed by atoms with van der Waals surface area (Å²) in [7, 11) is 1.44. The molecule has 2 aromatic rings.